The molecule has 0 radical (unpaired) electrons. The number of carbonyl (C=O) groups excluding carboxylic acids is 1. The second-order valence-electron chi connectivity index (χ2n) is 6.60. The monoisotopic (exact) mass is 367 g/mol. The van der Waals surface area contributed by atoms with Crippen LogP contribution in [0.15, 0.2) is 42.4 Å². The highest BCUT2D eigenvalue weighted by molar-refractivity contribution is 7.11. The molecule has 1 saturated heterocycles. The number of pyridine rings is 1. The van der Waals surface area contributed by atoms with Crippen LogP contribution in [-0.4, -0.2) is 43.4 Å². The minimum Gasteiger partial charge on any atom is -0.338 e. The largest absolute Gasteiger partial charge is 0.338 e. The lowest BCUT2D eigenvalue weighted by Crippen LogP contribution is -2.38. The molecule has 1 aliphatic rings. The summed E-state index contributed by atoms with van der Waals surface area (Å²) in [6, 6.07) is 4.06. The van der Waals surface area contributed by atoms with Crippen LogP contribution in [0.2, 0.25) is 0 Å². The molecule has 0 aromatic carbocycles. The average Bonchev–Trinajstić information content (AvgIpc) is 3.31. The normalized spacial score (nSPS) is 15.3. The number of likely N-dealkylation sites (tertiary alicyclic amines) is 1. The smallest absolute Gasteiger partial charge is 0.265 e. The van der Waals surface area contributed by atoms with Gasteiger partial charge in [0.1, 0.15) is 10.7 Å². The van der Waals surface area contributed by atoms with E-state index in [-0.39, 0.29) is 5.91 Å². The molecule has 134 valence electrons. The molecule has 26 heavy (non-hydrogen) atoms. The summed E-state index contributed by atoms with van der Waals surface area (Å²) < 4.78 is 2.21. The standard InChI is InChI=1S/C19H21N5OS/c1-14-17(26-13-22-14)19(25)23-9-4-16(5-10-23)18-21-8-11-24(18)12-15-2-6-20-7-3-15/h2-3,6-8,11,13,16H,4-5,9-10,12H2,1H3. The molecule has 0 saturated carbocycles. The van der Waals surface area contributed by atoms with Gasteiger partial charge in [-0.25, -0.2) is 9.97 Å². The van der Waals surface area contributed by atoms with Crippen molar-refractivity contribution in [2.45, 2.75) is 32.2 Å². The average molecular weight is 367 g/mol. The lowest BCUT2D eigenvalue weighted by molar-refractivity contribution is 0.0714. The fourth-order valence-corrected chi connectivity index (χ4v) is 4.26. The van der Waals surface area contributed by atoms with Crippen LogP contribution >= 0.6 is 11.3 Å². The van der Waals surface area contributed by atoms with E-state index in [1.54, 1.807) is 5.51 Å². The maximum absolute atomic E-state index is 12.7. The van der Waals surface area contributed by atoms with E-state index >= 15 is 0 Å². The predicted molar refractivity (Wildman–Crippen MR) is 100 cm³/mol. The third-order valence-electron chi connectivity index (χ3n) is 4.94. The van der Waals surface area contributed by atoms with Crippen molar-refractivity contribution in [1.29, 1.82) is 0 Å². The summed E-state index contributed by atoms with van der Waals surface area (Å²) in [5.74, 6) is 1.62. The van der Waals surface area contributed by atoms with E-state index in [4.69, 9.17) is 0 Å². The van der Waals surface area contributed by atoms with Crippen LogP contribution in [0.4, 0.5) is 0 Å². The minimum absolute atomic E-state index is 0.114. The van der Waals surface area contributed by atoms with Gasteiger partial charge < -0.3 is 9.47 Å². The Morgan fingerprint density at radius 3 is 2.65 bits per heavy atom. The topological polar surface area (TPSA) is 63.9 Å². The maximum atomic E-state index is 12.7. The van der Waals surface area contributed by atoms with Crippen molar-refractivity contribution in [3.8, 4) is 0 Å². The molecule has 7 heteroatoms. The van der Waals surface area contributed by atoms with Gasteiger partial charge in [0.15, 0.2) is 0 Å². The van der Waals surface area contributed by atoms with Gasteiger partial charge in [0.2, 0.25) is 0 Å². The van der Waals surface area contributed by atoms with Crippen LogP contribution in [0.5, 0.6) is 0 Å². The summed E-state index contributed by atoms with van der Waals surface area (Å²) in [6.45, 7) is 4.23. The predicted octanol–water partition coefficient (Wildman–Crippen LogP) is 3.11. The molecular formula is C19H21N5OS. The zero-order valence-corrected chi connectivity index (χ0v) is 15.5. The van der Waals surface area contributed by atoms with Crippen molar-refractivity contribution in [3.05, 3.63) is 64.4 Å². The van der Waals surface area contributed by atoms with E-state index in [9.17, 15) is 4.79 Å². The lowest BCUT2D eigenvalue weighted by atomic mass is 9.95. The summed E-state index contributed by atoms with van der Waals surface area (Å²) in [6.07, 6.45) is 9.42. The quantitative estimate of drug-likeness (QED) is 0.711. The number of hydrogen-bond donors (Lipinski definition) is 0. The van der Waals surface area contributed by atoms with Crippen LogP contribution in [0.25, 0.3) is 0 Å². The number of thiazole rings is 1. The molecule has 6 nitrogen and oxygen atoms in total. The zero-order valence-electron chi connectivity index (χ0n) is 14.7. The van der Waals surface area contributed by atoms with E-state index in [0.29, 0.717) is 5.92 Å². The molecule has 1 aliphatic heterocycles. The second kappa shape index (κ2) is 7.37. The second-order valence-corrected chi connectivity index (χ2v) is 7.46. The van der Waals surface area contributed by atoms with Gasteiger partial charge >= 0.3 is 0 Å². The Morgan fingerprint density at radius 1 is 1.19 bits per heavy atom. The molecule has 0 spiro atoms. The van der Waals surface area contributed by atoms with Crippen LogP contribution in [0.3, 0.4) is 0 Å². The molecule has 4 rings (SSSR count). The Labute approximate surface area is 156 Å². The van der Waals surface area contributed by atoms with E-state index < -0.39 is 0 Å². The number of aryl methyl sites for hydroxylation is 1. The van der Waals surface area contributed by atoms with Crippen molar-refractivity contribution < 1.29 is 4.79 Å². The molecule has 3 aromatic rings. The number of hydrogen-bond acceptors (Lipinski definition) is 5. The van der Waals surface area contributed by atoms with Crippen molar-refractivity contribution in [3.63, 3.8) is 0 Å². The van der Waals surface area contributed by atoms with Crippen LogP contribution in [0.1, 0.15) is 45.5 Å². The Bertz CT molecular complexity index is 880. The van der Waals surface area contributed by atoms with Gasteiger partial charge in [-0.2, -0.15) is 0 Å². The molecule has 0 bridgehead atoms. The first-order valence-corrected chi connectivity index (χ1v) is 9.69. The number of imidazole rings is 1. The third-order valence-corrected chi connectivity index (χ3v) is 5.85. The van der Waals surface area contributed by atoms with Gasteiger partial charge in [-0.3, -0.25) is 9.78 Å². The maximum Gasteiger partial charge on any atom is 0.265 e. The third kappa shape index (κ3) is 3.39. The first kappa shape index (κ1) is 16.9. The van der Waals surface area contributed by atoms with Crippen LogP contribution < -0.4 is 0 Å². The Morgan fingerprint density at radius 2 is 1.96 bits per heavy atom. The van der Waals surface area contributed by atoms with Gasteiger partial charge in [-0.1, -0.05) is 0 Å². The van der Waals surface area contributed by atoms with Crippen LogP contribution in [-0.2, 0) is 6.54 Å². The summed E-state index contributed by atoms with van der Waals surface area (Å²) in [5, 5.41) is 0. The molecule has 0 aliphatic carbocycles. The molecule has 1 fully saturated rings. The van der Waals surface area contributed by atoms with Crippen molar-refractivity contribution >= 4 is 17.2 Å². The van der Waals surface area contributed by atoms with Crippen LogP contribution in [0, 0.1) is 6.92 Å². The molecule has 4 heterocycles. The SMILES string of the molecule is Cc1ncsc1C(=O)N1CCC(c2nccn2Cc2ccncc2)CC1. The highest BCUT2D eigenvalue weighted by atomic mass is 32.1. The first-order chi connectivity index (χ1) is 12.7. The molecule has 0 unspecified atom stereocenters. The zero-order chi connectivity index (χ0) is 17.9. The molecule has 1 amide bonds. The summed E-state index contributed by atoms with van der Waals surface area (Å²) >= 11 is 1.43. The van der Waals surface area contributed by atoms with E-state index in [0.717, 1.165) is 48.9 Å². The van der Waals surface area contributed by atoms with Crippen molar-refractivity contribution in [2.75, 3.05) is 13.1 Å². The summed E-state index contributed by atoms with van der Waals surface area (Å²) in [7, 11) is 0. The van der Waals surface area contributed by atoms with Crippen molar-refractivity contribution in [2.24, 2.45) is 0 Å². The number of piperidine rings is 1. The molecular weight excluding hydrogens is 346 g/mol. The molecule has 0 N–H and O–H groups in total. The Kier molecular flexibility index (Phi) is 4.79. The van der Waals surface area contributed by atoms with E-state index in [1.165, 1.54) is 16.9 Å². The van der Waals surface area contributed by atoms with Gasteiger partial charge in [0.05, 0.1) is 11.2 Å². The number of carbonyl (C=O) groups is 1. The lowest BCUT2D eigenvalue weighted by Gasteiger charge is -2.31. The molecule has 0 atom stereocenters. The van der Waals surface area contributed by atoms with Crippen molar-refractivity contribution in [1.82, 2.24) is 24.4 Å². The number of amides is 1. The minimum atomic E-state index is 0.114. The number of rotatable bonds is 4. The summed E-state index contributed by atoms with van der Waals surface area (Å²) in [5.41, 5.74) is 3.79. The highest BCUT2D eigenvalue weighted by Crippen LogP contribution is 2.29. The fourth-order valence-electron chi connectivity index (χ4n) is 3.49. The number of aromatic nitrogens is 4. The van der Waals surface area contributed by atoms with Gasteiger partial charge in [-0.15, -0.1) is 11.3 Å². The van der Waals surface area contributed by atoms with E-state index in [1.807, 2.05) is 48.7 Å². The van der Waals surface area contributed by atoms with Gasteiger partial charge in [-0.05, 0) is 37.5 Å². The molecule has 3 aromatic heterocycles. The van der Waals surface area contributed by atoms with Gasteiger partial charge in [0, 0.05) is 50.3 Å². The highest BCUT2D eigenvalue weighted by Gasteiger charge is 2.28. The van der Waals surface area contributed by atoms with Gasteiger partial charge in [0.25, 0.3) is 5.91 Å². The Hall–Kier alpha value is -2.54. The Balaban J connectivity index is 1.42. The van der Waals surface area contributed by atoms with E-state index in [2.05, 4.69) is 19.5 Å². The summed E-state index contributed by atoms with van der Waals surface area (Å²) in [4.78, 5) is 28.2. The number of nitrogens with zero attached hydrogens (tertiary/aromatic N) is 5. The fraction of sp³-hybridized carbons (Fsp3) is 0.368. The first-order valence-electron chi connectivity index (χ1n) is 8.81.